The van der Waals surface area contributed by atoms with Crippen LogP contribution in [0, 0.1) is 5.95 Å². The molecule has 2 nitrogen and oxygen atoms in total. The van der Waals surface area contributed by atoms with Crippen molar-refractivity contribution in [2.45, 2.75) is 6.42 Å². The quantitative estimate of drug-likeness (QED) is 0.765. The summed E-state index contributed by atoms with van der Waals surface area (Å²) in [6, 6.07) is 3.15. The van der Waals surface area contributed by atoms with Crippen LogP contribution in [-0.4, -0.2) is 11.5 Å². The summed E-state index contributed by atoms with van der Waals surface area (Å²) in [5.74, 6) is -0.470. The summed E-state index contributed by atoms with van der Waals surface area (Å²) in [6.07, 6.45) is 0.679. The minimum absolute atomic E-state index is 0.470. The van der Waals surface area contributed by atoms with Crippen LogP contribution in [0.2, 0.25) is 0 Å². The Morgan fingerprint density at radius 1 is 1.55 bits per heavy atom. The van der Waals surface area contributed by atoms with Gasteiger partial charge in [-0.25, -0.2) is 4.98 Å². The maximum Gasteiger partial charge on any atom is 0.214 e. The van der Waals surface area contributed by atoms with Crippen molar-refractivity contribution in [2.24, 2.45) is 5.73 Å². The zero-order chi connectivity index (χ0) is 8.27. The zero-order valence-corrected chi connectivity index (χ0v) is 7.44. The molecule has 0 aliphatic rings. The van der Waals surface area contributed by atoms with Crippen molar-refractivity contribution in [3.8, 4) is 0 Å². The summed E-state index contributed by atoms with van der Waals surface area (Å²) >= 11 is 3.09. The van der Waals surface area contributed by atoms with E-state index < -0.39 is 5.95 Å². The Labute approximate surface area is 72.8 Å². The molecule has 1 aromatic heterocycles. The SMILES string of the molecule is NCCc1cc(F)nc(Br)c1. The highest BCUT2D eigenvalue weighted by Gasteiger charge is 1.98. The molecule has 0 bridgehead atoms. The number of pyridine rings is 1. The number of hydrogen-bond donors (Lipinski definition) is 1. The van der Waals surface area contributed by atoms with Gasteiger partial charge in [-0.15, -0.1) is 0 Å². The lowest BCUT2D eigenvalue weighted by atomic mass is 10.2. The molecule has 0 fully saturated rings. The third kappa shape index (κ3) is 2.55. The van der Waals surface area contributed by atoms with Crippen LogP contribution in [0.5, 0.6) is 0 Å². The minimum atomic E-state index is -0.470. The molecule has 2 N–H and O–H groups in total. The lowest BCUT2D eigenvalue weighted by Crippen LogP contribution is -2.03. The highest BCUT2D eigenvalue weighted by atomic mass is 79.9. The minimum Gasteiger partial charge on any atom is -0.330 e. The molecule has 0 radical (unpaired) electrons. The van der Waals surface area contributed by atoms with Crippen molar-refractivity contribution in [2.75, 3.05) is 6.54 Å². The molecule has 0 aromatic carbocycles. The average Bonchev–Trinajstić information content (AvgIpc) is 1.85. The fourth-order valence-corrected chi connectivity index (χ4v) is 1.29. The Morgan fingerprint density at radius 3 is 2.82 bits per heavy atom. The molecule has 1 heterocycles. The molecule has 60 valence electrons. The molecular weight excluding hydrogens is 211 g/mol. The molecule has 0 amide bonds. The van der Waals surface area contributed by atoms with Crippen LogP contribution in [0.1, 0.15) is 5.56 Å². The lowest BCUT2D eigenvalue weighted by Gasteiger charge is -1.98. The van der Waals surface area contributed by atoms with E-state index >= 15 is 0 Å². The maximum atomic E-state index is 12.6. The van der Waals surface area contributed by atoms with Crippen molar-refractivity contribution in [3.05, 3.63) is 28.2 Å². The molecule has 0 saturated heterocycles. The van der Waals surface area contributed by atoms with Crippen LogP contribution in [0.4, 0.5) is 4.39 Å². The first kappa shape index (κ1) is 8.62. The number of aromatic nitrogens is 1. The lowest BCUT2D eigenvalue weighted by molar-refractivity contribution is 0.578. The molecule has 0 unspecified atom stereocenters. The fourth-order valence-electron chi connectivity index (χ4n) is 0.825. The highest BCUT2D eigenvalue weighted by Crippen LogP contribution is 2.10. The summed E-state index contributed by atoms with van der Waals surface area (Å²) in [7, 11) is 0. The van der Waals surface area contributed by atoms with E-state index in [0.29, 0.717) is 17.6 Å². The van der Waals surface area contributed by atoms with Crippen LogP contribution in [0.15, 0.2) is 16.7 Å². The van der Waals surface area contributed by atoms with Crippen molar-refractivity contribution in [1.82, 2.24) is 4.98 Å². The van der Waals surface area contributed by atoms with Crippen LogP contribution in [0.3, 0.4) is 0 Å². The van der Waals surface area contributed by atoms with Crippen LogP contribution in [-0.2, 0) is 6.42 Å². The Morgan fingerprint density at radius 2 is 2.27 bits per heavy atom. The van der Waals surface area contributed by atoms with Gasteiger partial charge in [-0.3, -0.25) is 0 Å². The van der Waals surface area contributed by atoms with Crippen molar-refractivity contribution >= 4 is 15.9 Å². The van der Waals surface area contributed by atoms with E-state index in [1.807, 2.05) is 0 Å². The molecule has 0 spiro atoms. The van der Waals surface area contributed by atoms with Gasteiger partial charge < -0.3 is 5.73 Å². The normalized spacial score (nSPS) is 10.1. The van der Waals surface area contributed by atoms with Gasteiger partial charge >= 0.3 is 0 Å². The van der Waals surface area contributed by atoms with Gasteiger partial charge in [0.15, 0.2) is 0 Å². The second kappa shape index (κ2) is 3.78. The van der Waals surface area contributed by atoms with Crippen molar-refractivity contribution in [3.63, 3.8) is 0 Å². The standard InChI is InChI=1S/C7H8BrFN2/c8-6-3-5(1-2-10)4-7(9)11-6/h3-4H,1-2,10H2. The number of halogens is 2. The predicted octanol–water partition coefficient (Wildman–Crippen LogP) is 1.48. The Kier molecular flexibility index (Phi) is 2.96. The molecule has 1 rings (SSSR count). The highest BCUT2D eigenvalue weighted by molar-refractivity contribution is 9.10. The summed E-state index contributed by atoms with van der Waals surface area (Å²) in [5.41, 5.74) is 6.17. The van der Waals surface area contributed by atoms with Gasteiger partial charge in [-0.1, -0.05) is 0 Å². The topological polar surface area (TPSA) is 38.9 Å². The Balaban J connectivity index is 2.89. The second-order valence-electron chi connectivity index (χ2n) is 2.16. The molecule has 4 heteroatoms. The maximum absolute atomic E-state index is 12.6. The number of rotatable bonds is 2. The number of nitrogens with two attached hydrogens (primary N) is 1. The molecule has 0 atom stereocenters. The first-order valence-corrected chi connectivity index (χ1v) is 4.03. The largest absolute Gasteiger partial charge is 0.330 e. The summed E-state index contributed by atoms with van der Waals surface area (Å²) in [5, 5.41) is 0. The molecule has 0 saturated carbocycles. The van der Waals surface area contributed by atoms with Crippen LogP contribution in [0.25, 0.3) is 0 Å². The van der Waals surface area contributed by atoms with Crippen molar-refractivity contribution < 1.29 is 4.39 Å². The number of hydrogen-bond acceptors (Lipinski definition) is 2. The first-order valence-electron chi connectivity index (χ1n) is 3.24. The van der Waals surface area contributed by atoms with E-state index in [-0.39, 0.29) is 0 Å². The van der Waals surface area contributed by atoms with Gasteiger partial charge in [0.1, 0.15) is 4.60 Å². The van der Waals surface area contributed by atoms with Crippen LogP contribution < -0.4 is 5.73 Å². The monoisotopic (exact) mass is 218 g/mol. The average molecular weight is 219 g/mol. The van der Waals surface area contributed by atoms with E-state index in [0.717, 1.165) is 5.56 Å². The molecule has 1 aromatic rings. The van der Waals surface area contributed by atoms with E-state index in [1.54, 1.807) is 6.07 Å². The number of nitrogens with zero attached hydrogens (tertiary/aromatic N) is 1. The molecular formula is C7H8BrFN2. The molecule has 11 heavy (non-hydrogen) atoms. The zero-order valence-electron chi connectivity index (χ0n) is 5.85. The first-order chi connectivity index (χ1) is 5.22. The van der Waals surface area contributed by atoms with Gasteiger partial charge in [-0.2, -0.15) is 4.39 Å². The Bertz CT molecular complexity index is 232. The third-order valence-electron chi connectivity index (χ3n) is 1.26. The third-order valence-corrected chi connectivity index (χ3v) is 1.66. The van der Waals surface area contributed by atoms with Gasteiger partial charge in [-0.05, 0) is 46.6 Å². The molecule has 0 aliphatic carbocycles. The van der Waals surface area contributed by atoms with E-state index in [9.17, 15) is 4.39 Å². The predicted molar refractivity (Wildman–Crippen MR) is 44.7 cm³/mol. The van der Waals surface area contributed by atoms with E-state index in [4.69, 9.17) is 5.73 Å². The smallest absolute Gasteiger partial charge is 0.214 e. The van der Waals surface area contributed by atoms with Gasteiger partial charge in [0, 0.05) is 0 Å². The summed E-state index contributed by atoms with van der Waals surface area (Å²) in [4.78, 5) is 3.53. The summed E-state index contributed by atoms with van der Waals surface area (Å²) < 4.78 is 13.1. The van der Waals surface area contributed by atoms with Crippen LogP contribution >= 0.6 is 15.9 Å². The van der Waals surface area contributed by atoms with E-state index in [1.165, 1.54) is 6.07 Å². The Hall–Kier alpha value is -0.480. The molecule has 0 aliphatic heterocycles. The van der Waals surface area contributed by atoms with E-state index in [2.05, 4.69) is 20.9 Å². The second-order valence-corrected chi connectivity index (χ2v) is 2.97. The van der Waals surface area contributed by atoms with Gasteiger partial charge in [0.2, 0.25) is 5.95 Å². The van der Waals surface area contributed by atoms with Crippen molar-refractivity contribution in [1.29, 1.82) is 0 Å². The van der Waals surface area contributed by atoms with Gasteiger partial charge in [0.05, 0.1) is 0 Å². The van der Waals surface area contributed by atoms with Gasteiger partial charge in [0.25, 0.3) is 0 Å². The summed E-state index contributed by atoms with van der Waals surface area (Å²) in [6.45, 7) is 0.524. The fraction of sp³-hybridized carbons (Fsp3) is 0.286.